The maximum atomic E-state index is 13.7. The predicted octanol–water partition coefficient (Wildman–Crippen LogP) is 3.32. The van der Waals surface area contributed by atoms with Gasteiger partial charge in [0.1, 0.15) is 17.1 Å². The zero-order valence-corrected chi connectivity index (χ0v) is 10.4. The Hall–Kier alpha value is -2.20. The Balaban J connectivity index is 2.07. The van der Waals surface area contributed by atoms with Gasteiger partial charge in [0.05, 0.1) is 6.04 Å². The number of fused-ring (bicyclic) bond motifs is 1. The van der Waals surface area contributed by atoms with E-state index in [0.717, 1.165) is 11.2 Å². The van der Waals surface area contributed by atoms with Gasteiger partial charge < -0.3 is 10.2 Å². The van der Waals surface area contributed by atoms with E-state index in [1.807, 2.05) is 19.1 Å². The second-order valence-electron chi connectivity index (χ2n) is 4.48. The van der Waals surface area contributed by atoms with Crippen LogP contribution in [-0.2, 0) is 0 Å². The van der Waals surface area contributed by atoms with Crippen molar-refractivity contribution in [3.8, 4) is 0 Å². The number of rotatable bonds is 2. The van der Waals surface area contributed by atoms with Crippen molar-refractivity contribution in [2.45, 2.75) is 13.0 Å². The van der Waals surface area contributed by atoms with Crippen LogP contribution < -0.4 is 5.73 Å². The van der Waals surface area contributed by atoms with Gasteiger partial charge in [0.2, 0.25) is 0 Å². The van der Waals surface area contributed by atoms with Gasteiger partial charge in [0.25, 0.3) is 0 Å². The summed E-state index contributed by atoms with van der Waals surface area (Å²) in [7, 11) is 0. The molecule has 1 unspecified atom stereocenters. The van der Waals surface area contributed by atoms with E-state index in [0.29, 0.717) is 16.9 Å². The SMILES string of the molecule is Cc1ccc2oc(C(N)c3ccccc3F)cc2n1. The van der Waals surface area contributed by atoms with Gasteiger partial charge in [-0.3, -0.25) is 0 Å². The van der Waals surface area contributed by atoms with Gasteiger partial charge in [-0.2, -0.15) is 0 Å². The van der Waals surface area contributed by atoms with Crippen molar-refractivity contribution in [3.05, 3.63) is 65.3 Å². The lowest BCUT2D eigenvalue weighted by Gasteiger charge is -2.09. The van der Waals surface area contributed by atoms with E-state index in [-0.39, 0.29) is 5.82 Å². The molecule has 0 spiro atoms. The van der Waals surface area contributed by atoms with Gasteiger partial charge in [-0.1, -0.05) is 18.2 Å². The van der Waals surface area contributed by atoms with E-state index in [1.54, 1.807) is 24.3 Å². The van der Waals surface area contributed by atoms with E-state index in [4.69, 9.17) is 10.2 Å². The van der Waals surface area contributed by atoms with Gasteiger partial charge in [-0.15, -0.1) is 0 Å². The Kier molecular flexibility index (Phi) is 2.80. The minimum absolute atomic E-state index is 0.334. The van der Waals surface area contributed by atoms with Crippen molar-refractivity contribution < 1.29 is 8.81 Å². The molecule has 2 heterocycles. The highest BCUT2D eigenvalue weighted by Gasteiger charge is 2.17. The number of pyridine rings is 1. The van der Waals surface area contributed by atoms with Crippen LogP contribution in [0, 0.1) is 12.7 Å². The molecule has 0 aliphatic heterocycles. The zero-order chi connectivity index (χ0) is 13.4. The molecule has 0 bridgehead atoms. The van der Waals surface area contributed by atoms with Crippen molar-refractivity contribution in [2.75, 3.05) is 0 Å². The first-order valence-corrected chi connectivity index (χ1v) is 6.02. The van der Waals surface area contributed by atoms with Crippen molar-refractivity contribution >= 4 is 11.1 Å². The highest BCUT2D eigenvalue weighted by Crippen LogP contribution is 2.27. The molecular formula is C15H13FN2O. The van der Waals surface area contributed by atoms with E-state index < -0.39 is 6.04 Å². The highest BCUT2D eigenvalue weighted by molar-refractivity contribution is 5.73. The number of benzene rings is 1. The lowest BCUT2D eigenvalue weighted by Crippen LogP contribution is -2.12. The number of aryl methyl sites for hydroxylation is 1. The maximum Gasteiger partial charge on any atom is 0.152 e. The van der Waals surface area contributed by atoms with Crippen LogP contribution in [-0.4, -0.2) is 4.98 Å². The minimum Gasteiger partial charge on any atom is -0.457 e. The van der Waals surface area contributed by atoms with Crippen LogP contribution in [0.15, 0.2) is 46.9 Å². The van der Waals surface area contributed by atoms with Crippen LogP contribution in [0.5, 0.6) is 0 Å². The van der Waals surface area contributed by atoms with Gasteiger partial charge in [-0.25, -0.2) is 9.37 Å². The molecule has 96 valence electrons. The molecular weight excluding hydrogens is 243 g/mol. The molecule has 0 fully saturated rings. The molecule has 1 aromatic carbocycles. The van der Waals surface area contributed by atoms with Crippen LogP contribution in [0.1, 0.15) is 23.1 Å². The Morgan fingerprint density at radius 1 is 1.21 bits per heavy atom. The van der Waals surface area contributed by atoms with Gasteiger partial charge in [0, 0.05) is 17.3 Å². The third kappa shape index (κ3) is 2.11. The molecule has 3 rings (SSSR count). The average Bonchev–Trinajstić information content (AvgIpc) is 2.81. The first-order chi connectivity index (χ1) is 9.15. The lowest BCUT2D eigenvalue weighted by atomic mass is 10.1. The lowest BCUT2D eigenvalue weighted by molar-refractivity contribution is 0.510. The normalized spacial score (nSPS) is 12.8. The van der Waals surface area contributed by atoms with Crippen LogP contribution in [0.25, 0.3) is 11.1 Å². The smallest absolute Gasteiger partial charge is 0.152 e. The highest BCUT2D eigenvalue weighted by atomic mass is 19.1. The average molecular weight is 256 g/mol. The monoisotopic (exact) mass is 256 g/mol. The predicted molar refractivity (Wildman–Crippen MR) is 71.2 cm³/mol. The first kappa shape index (κ1) is 11.9. The molecule has 0 aliphatic rings. The minimum atomic E-state index is -0.629. The van der Waals surface area contributed by atoms with Crippen molar-refractivity contribution in [2.24, 2.45) is 5.73 Å². The van der Waals surface area contributed by atoms with E-state index in [1.165, 1.54) is 6.07 Å². The second kappa shape index (κ2) is 4.48. The van der Waals surface area contributed by atoms with Gasteiger partial charge in [0.15, 0.2) is 5.58 Å². The summed E-state index contributed by atoms with van der Waals surface area (Å²) in [6, 6.07) is 11.3. The third-order valence-corrected chi connectivity index (χ3v) is 3.08. The molecule has 19 heavy (non-hydrogen) atoms. The maximum absolute atomic E-state index is 13.7. The standard InChI is InChI=1S/C15H13FN2O/c1-9-6-7-13-12(18-9)8-14(19-13)15(17)10-4-2-3-5-11(10)16/h2-8,15H,17H2,1H3. The van der Waals surface area contributed by atoms with E-state index in [2.05, 4.69) is 4.98 Å². The molecule has 0 saturated carbocycles. The first-order valence-electron chi connectivity index (χ1n) is 6.02. The van der Waals surface area contributed by atoms with Crippen LogP contribution in [0.3, 0.4) is 0 Å². The molecule has 0 saturated heterocycles. The van der Waals surface area contributed by atoms with Gasteiger partial charge in [-0.05, 0) is 25.1 Å². The quantitative estimate of drug-likeness (QED) is 0.765. The van der Waals surface area contributed by atoms with Crippen molar-refractivity contribution in [1.82, 2.24) is 4.98 Å². The Labute approximate surface area is 109 Å². The Bertz CT molecular complexity index is 736. The third-order valence-electron chi connectivity index (χ3n) is 3.08. The van der Waals surface area contributed by atoms with Crippen LogP contribution in [0.2, 0.25) is 0 Å². The zero-order valence-electron chi connectivity index (χ0n) is 10.4. The molecule has 2 N–H and O–H groups in total. The topological polar surface area (TPSA) is 52.0 Å². The number of hydrogen-bond acceptors (Lipinski definition) is 3. The molecule has 2 aromatic heterocycles. The van der Waals surface area contributed by atoms with Crippen LogP contribution >= 0.6 is 0 Å². The fourth-order valence-corrected chi connectivity index (χ4v) is 2.08. The van der Waals surface area contributed by atoms with Crippen LogP contribution in [0.4, 0.5) is 4.39 Å². The summed E-state index contributed by atoms with van der Waals surface area (Å²) < 4.78 is 19.3. The number of halogens is 1. The summed E-state index contributed by atoms with van der Waals surface area (Å²) in [5.41, 5.74) is 8.77. The summed E-state index contributed by atoms with van der Waals surface area (Å²) in [6.07, 6.45) is 0. The number of nitrogens with two attached hydrogens (primary N) is 1. The molecule has 4 heteroatoms. The summed E-state index contributed by atoms with van der Waals surface area (Å²) >= 11 is 0. The number of furan rings is 1. The van der Waals surface area contributed by atoms with E-state index >= 15 is 0 Å². The number of aromatic nitrogens is 1. The van der Waals surface area contributed by atoms with Crippen molar-refractivity contribution in [1.29, 1.82) is 0 Å². The van der Waals surface area contributed by atoms with E-state index in [9.17, 15) is 4.39 Å². The van der Waals surface area contributed by atoms with Gasteiger partial charge >= 0.3 is 0 Å². The molecule has 0 aliphatic carbocycles. The van der Waals surface area contributed by atoms with Crippen molar-refractivity contribution in [3.63, 3.8) is 0 Å². The molecule has 1 atom stereocenters. The number of nitrogens with zero attached hydrogens (tertiary/aromatic N) is 1. The fraction of sp³-hybridized carbons (Fsp3) is 0.133. The second-order valence-corrected chi connectivity index (χ2v) is 4.48. The fourth-order valence-electron chi connectivity index (χ4n) is 2.08. The summed E-state index contributed by atoms with van der Waals surface area (Å²) in [6.45, 7) is 1.91. The molecule has 0 radical (unpaired) electrons. The molecule has 3 aromatic rings. The number of hydrogen-bond donors (Lipinski definition) is 1. The Morgan fingerprint density at radius 2 is 2.00 bits per heavy atom. The molecule has 0 amide bonds. The summed E-state index contributed by atoms with van der Waals surface area (Å²) in [5, 5.41) is 0. The molecule has 3 nitrogen and oxygen atoms in total. The summed E-state index contributed by atoms with van der Waals surface area (Å²) in [5.74, 6) is 0.179. The summed E-state index contributed by atoms with van der Waals surface area (Å²) in [4.78, 5) is 4.35. The Morgan fingerprint density at radius 3 is 2.79 bits per heavy atom. The largest absolute Gasteiger partial charge is 0.457 e.